The molecule has 1 saturated heterocycles. The zero-order chi connectivity index (χ0) is 21.6. The number of halogens is 3. The lowest BCUT2D eigenvalue weighted by Crippen LogP contribution is -2.56. The van der Waals surface area contributed by atoms with Crippen molar-refractivity contribution in [1.82, 2.24) is 14.0 Å². The molecule has 0 spiro atoms. The number of amides is 1. The maximum Gasteiger partial charge on any atom is 0.416 e. The summed E-state index contributed by atoms with van der Waals surface area (Å²) in [6.07, 6.45) is -3.35. The van der Waals surface area contributed by atoms with Gasteiger partial charge in [-0.05, 0) is 42.5 Å². The molecule has 0 unspecified atom stereocenters. The van der Waals surface area contributed by atoms with E-state index in [1.807, 2.05) is 0 Å². The van der Waals surface area contributed by atoms with Crippen molar-refractivity contribution in [3.63, 3.8) is 0 Å². The first-order valence-corrected chi connectivity index (χ1v) is 9.07. The minimum absolute atomic E-state index is 0.172. The van der Waals surface area contributed by atoms with E-state index in [4.69, 9.17) is 0 Å². The number of fused-ring (bicyclic) bond motifs is 1. The van der Waals surface area contributed by atoms with Gasteiger partial charge in [0.15, 0.2) is 0 Å². The first-order valence-electron chi connectivity index (χ1n) is 9.07. The molecular formula is C21H16F3N3O3. The van der Waals surface area contributed by atoms with Crippen molar-refractivity contribution in [3.05, 3.63) is 87.6 Å². The van der Waals surface area contributed by atoms with E-state index in [0.717, 1.165) is 22.8 Å². The highest BCUT2D eigenvalue weighted by Gasteiger charge is 2.34. The molecule has 154 valence electrons. The molecule has 1 aliphatic heterocycles. The van der Waals surface area contributed by atoms with Crippen LogP contribution in [0.15, 0.2) is 70.8 Å². The zero-order valence-corrected chi connectivity index (χ0v) is 15.6. The molecule has 1 amide bonds. The van der Waals surface area contributed by atoms with Crippen LogP contribution in [0.4, 0.5) is 13.2 Å². The fourth-order valence-electron chi connectivity index (χ4n) is 3.58. The van der Waals surface area contributed by atoms with Gasteiger partial charge in [0, 0.05) is 13.1 Å². The summed E-state index contributed by atoms with van der Waals surface area (Å²) >= 11 is 0. The molecule has 0 atom stereocenters. The average Bonchev–Trinajstić information content (AvgIpc) is 2.69. The third-order valence-corrected chi connectivity index (χ3v) is 5.16. The molecule has 1 aliphatic rings. The van der Waals surface area contributed by atoms with E-state index in [2.05, 4.69) is 6.58 Å². The summed E-state index contributed by atoms with van der Waals surface area (Å²) in [5, 5.41) is 0.255. The van der Waals surface area contributed by atoms with Crippen LogP contribution < -0.4 is 11.2 Å². The Balaban J connectivity index is 1.88. The SMILES string of the molecule is C=CC(=O)N1CC(n2c(=O)c3ccccc3n(-c3ccc(C(F)(F)F)cc3)c2=O)C1. The highest BCUT2D eigenvalue weighted by Crippen LogP contribution is 2.30. The Bertz CT molecular complexity index is 1270. The summed E-state index contributed by atoms with van der Waals surface area (Å²) in [6.45, 7) is 3.75. The summed E-state index contributed by atoms with van der Waals surface area (Å²) in [5.41, 5.74) is -1.52. The smallest absolute Gasteiger partial charge is 0.335 e. The van der Waals surface area contributed by atoms with Gasteiger partial charge in [0.2, 0.25) is 5.91 Å². The van der Waals surface area contributed by atoms with Crippen molar-refractivity contribution in [2.24, 2.45) is 0 Å². The van der Waals surface area contributed by atoms with Gasteiger partial charge in [-0.15, -0.1) is 0 Å². The number of rotatable bonds is 3. The summed E-state index contributed by atoms with van der Waals surface area (Å²) in [6, 6.07) is 10.0. The Labute approximate surface area is 168 Å². The maximum atomic E-state index is 13.2. The van der Waals surface area contributed by atoms with E-state index < -0.39 is 29.0 Å². The van der Waals surface area contributed by atoms with E-state index in [-0.39, 0.29) is 30.1 Å². The van der Waals surface area contributed by atoms with Crippen LogP contribution in [0.1, 0.15) is 11.6 Å². The predicted molar refractivity (Wildman–Crippen MR) is 105 cm³/mol. The molecule has 0 N–H and O–H groups in total. The average molecular weight is 415 g/mol. The zero-order valence-electron chi connectivity index (χ0n) is 15.6. The maximum absolute atomic E-state index is 13.2. The standard InChI is InChI=1S/C21H16F3N3O3/c1-2-18(28)25-11-15(12-25)27-19(29)16-5-3-4-6-17(16)26(20(27)30)14-9-7-13(8-10-14)21(22,23)24/h2-10,15H,1,11-12H2. The van der Waals surface area contributed by atoms with Crippen molar-refractivity contribution < 1.29 is 18.0 Å². The van der Waals surface area contributed by atoms with Crippen molar-refractivity contribution in [2.75, 3.05) is 13.1 Å². The Morgan fingerprint density at radius 1 is 1.03 bits per heavy atom. The number of carbonyl (C=O) groups excluding carboxylic acids is 1. The van der Waals surface area contributed by atoms with Gasteiger partial charge in [-0.1, -0.05) is 18.7 Å². The number of carbonyl (C=O) groups is 1. The lowest BCUT2D eigenvalue weighted by atomic mass is 10.1. The quantitative estimate of drug-likeness (QED) is 0.618. The summed E-state index contributed by atoms with van der Waals surface area (Å²) in [5.74, 6) is -0.303. The molecule has 2 heterocycles. The lowest BCUT2D eigenvalue weighted by Gasteiger charge is -2.39. The van der Waals surface area contributed by atoms with Gasteiger partial charge in [0.05, 0.1) is 28.2 Å². The number of nitrogens with zero attached hydrogens (tertiary/aromatic N) is 3. The van der Waals surface area contributed by atoms with E-state index in [1.165, 1.54) is 21.6 Å². The van der Waals surface area contributed by atoms with Crippen LogP contribution in [0.25, 0.3) is 16.6 Å². The Morgan fingerprint density at radius 3 is 2.27 bits per heavy atom. The molecule has 3 aromatic rings. The predicted octanol–water partition coefficient (Wildman–Crippen LogP) is 2.74. The molecule has 30 heavy (non-hydrogen) atoms. The molecule has 0 saturated carbocycles. The second kappa shape index (κ2) is 7.01. The largest absolute Gasteiger partial charge is 0.416 e. The van der Waals surface area contributed by atoms with Crippen LogP contribution in [0, 0.1) is 0 Å². The lowest BCUT2D eigenvalue weighted by molar-refractivity contribution is -0.137. The molecule has 9 heteroatoms. The highest BCUT2D eigenvalue weighted by molar-refractivity contribution is 5.87. The van der Waals surface area contributed by atoms with Crippen LogP contribution in [0.3, 0.4) is 0 Å². The third kappa shape index (κ3) is 3.12. The van der Waals surface area contributed by atoms with Crippen LogP contribution >= 0.6 is 0 Å². The fourth-order valence-corrected chi connectivity index (χ4v) is 3.58. The molecule has 6 nitrogen and oxygen atoms in total. The van der Waals surface area contributed by atoms with Crippen molar-refractivity contribution in [2.45, 2.75) is 12.2 Å². The topological polar surface area (TPSA) is 64.3 Å². The molecule has 2 aromatic carbocycles. The monoisotopic (exact) mass is 415 g/mol. The van der Waals surface area contributed by atoms with Crippen LogP contribution in [0.5, 0.6) is 0 Å². The number of hydrogen-bond donors (Lipinski definition) is 0. The van der Waals surface area contributed by atoms with Crippen LogP contribution in [0.2, 0.25) is 0 Å². The number of benzene rings is 2. The van der Waals surface area contributed by atoms with Gasteiger partial charge in [-0.3, -0.25) is 18.7 Å². The second-order valence-corrected chi connectivity index (χ2v) is 6.96. The molecule has 0 radical (unpaired) electrons. The second-order valence-electron chi connectivity index (χ2n) is 6.96. The Hall–Kier alpha value is -3.62. The van der Waals surface area contributed by atoms with E-state index in [9.17, 15) is 27.6 Å². The number of aromatic nitrogens is 2. The minimum Gasteiger partial charge on any atom is -0.335 e. The molecule has 0 aliphatic carbocycles. The van der Waals surface area contributed by atoms with Gasteiger partial charge in [0.1, 0.15) is 0 Å². The van der Waals surface area contributed by atoms with Crippen LogP contribution in [-0.4, -0.2) is 33.0 Å². The summed E-state index contributed by atoms with van der Waals surface area (Å²) in [7, 11) is 0. The number of likely N-dealkylation sites (tertiary alicyclic amines) is 1. The Morgan fingerprint density at radius 2 is 1.67 bits per heavy atom. The first kappa shape index (κ1) is 19.7. The van der Waals surface area contributed by atoms with Crippen LogP contribution in [-0.2, 0) is 11.0 Å². The van der Waals surface area contributed by atoms with E-state index >= 15 is 0 Å². The number of alkyl halides is 3. The van der Waals surface area contributed by atoms with E-state index in [1.54, 1.807) is 24.3 Å². The minimum atomic E-state index is -4.50. The highest BCUT2D eigenvalue weighted by atomic mass is 19.4. The van der Waals surface area contributed by atoms with Crippen molar-refractivity contribution in [1.29, 1.82) is 0 Å². The molecular weight excluding hydrogens is 399 g/mol. The van der Waals surface area contributed by atoms with Gasteiger partial charge < -0.3 is 4.90 Å². The summed E-state index contributed by atoms with van der Waals surface area (Å²) < 4.78 is 41.0. The van der Waals surface area contributed by atoms with Gasteiger partial charge in [-0.2, -0.15) is 13.2 Å². The molecule has 4 rings (SSSR count). The van der Waals surface area contributed by atoms with Gasteiger partial charge in [-0.25, -0.2) is 4.79 Å². The number of para-hydroxylation sites is 1. The molecule has 1 aromatic heterocycles. The van der Waals surface area contributed by atoms with Crippen molar-refractivity contribution in [3.8, 4) is 5.69 Å². The van der Waals surface area contributed by atoms with Gasteiger partial charge in [0.25, 0.3) is 5.56 Å². The van der Waals surface area contributed by atoms with Crippen molar-refractivity contribution >= 4 is 16.8 Å². The normalized spacial score (nSPS) is 14.6. The number of hydrogen-bond acceptors (Lipinski definition) is 3. The fraction of sp³-hybridized carbons (Fsp3) is 0.190. The Kier molecular flexibility index (Phi) is 4.60. The molecule has 1 fully saturated rings. The van der Waals surface area contributed by atoms with E-state index in [0.29, 0.717) is 5.52 Å². The molecule has 0 bridgehead atoms. The summed E-state index contributed by atoms with van der Waals surface area (Å²) in [4.78, 5) is 39.4. The first-order chi connectivity index (χ1) is 14.2. The third-order valence-electron chi connectivity index (χ3n) is 5.16. The van der Waals surface area contributed by atoms with Gasteiger partial charge >= 0.3 is 11.9 Å².